The first-order chi connectivity index (χ1) is 8.39. The highest BCUT2D eigenvalue weighted by Crippen LogP contribution is 2.45. The predicted molar refractivity (Wildman–Crippen MR) is 77.4 cm³/mol. The van der Waals surface area contributed by atoms with Crippen LogP contribution in [0.4, 0.5) is 0 Å². The summed E-state index contributed by atoms with van der Waals surface area (Å²) in [6.45, 7) is 2.93. The molecule has 1 N–H and O–H groups in total. The van der Waals surface area contributed by atoms with Crippen molar-refractivity contribution in [3.63, 3.8) is 0 Å². The highest BCUT2D eigenvalue weighted by atomic mass is 32.1. The fourth-order valence-corrected chi connectivity index (χ4v) is 4.54. The maximum atomic E-state index is 6.13. The molecule has 96 valence electrons. The van der Waals surface area contributed by atoms with Gasteiger partial charge in [0.2, 0.25) is 0 Å². The first-order valence-electron chi connectivity index (χ1n) is 6.25. The lowest BCUT2D eigenvalue weighted by molar-refractivity contribution is -0.0414. The van der Waals surface area contributed by atoms with Gasteiger partial charge < -0.3 is 10.1 Å². The summed E-state index contributed by atoms with van der Waals surface area (Å²) in [5.41, 5.74) is 1.53. The lowest BCUT2D eigenvalue weighted by Crippen LogP contribution is -2.36. The molecule has 1 fully saturated rings. The zero-order chi connectivity index (χ0) is 11.3. The van der Waals surface area contributed by atoms with Crippen LogP contribution in [-0.4, -0.2) is 19.7 Å². The number of fused-ring (bicyclic) bond motifs is 4. The van der Waals surface area contributed by atoms with Crippen molar-refractivity contribution in [2.45, 2.75) is 25.9 Å². The van der Waals surface area contributed by atoms with Gasteiger partial charge in [-0.2, -0.15) is 0 Å². The van der Waals surface area contributed by atoms with Gasteiger partial charge in [0, 0.05) is 16.1 Å². The molecule has 3 heteroatoms. The molecule has 1 unspecified atom stereocenters. The van der Waals surface area contributed by atoms with Crippen molar-refractivity contribution in [2.24, 2.45) is 0 Å². The van der Waals surface area contributed by atoms with Crippen molar-refractivity contribution in [2.75, 3.05) is 19.7 Å². The minimum absolute atomic E-state index is 0. The van der Waals surface area contributed by atoms with E-state index >= 15 is 0 Å². The van der Waals surface area contributed by atoms with Crippen LogP contribution in [-0.2, 0) is 16.8 Å². The van der Waals surface area contributed by atoms with E-state index in [0.29, 0.717) is 0 Å². The van der Waals surface area contributed by atoms with E-state index < -0.39 is 0 Å². The molecule has 1 spiro atoms. The minimum Gasteiger partial charge on any atom is -0.368 e. The van der Waals surface area contributed by atoms with Crippen LogP contribution < -0.4 is 5.32 Å². The van der Waals surface area contributed by atoms with Crippen molar-refractivity contribution in [1.29, 1.82) is 0 Å². The number of ether oxygens (including phenoxy) is 1. The van der Waals surface area contributed by atoms with Crippen molar-refractivity contribution in [3.8, 4) is 0 Å². The Labute approximate surface area is 112 Å². The van der Waals surface area contributed by atoms with Crippen LogP contribution in [0.5, 0.6) is 0 Å². The number of benzene rings is 1. The fraction of sp³-hybridized carbons (Fsp3) is 0.467. The highest BCUT2D eigenvalue weighted by Gasteiger charge is 2.42. The van der Waals surface area contributed by atoms with E-state index in [1.165, 1.54) is 15.0 Å². The molecule has 4 rings (SSSR count). The maximum absolute atomic E-state index is 6.13. The molecule has 0 bridgehead atoms. The van der Waals surface area contributed by atoms with Gasteiger partial charge in [-0.05, 0) is 36.4 Å². The third-order valence-electron chi connectivity index (χ3n) is 3.96. The summed E-state index contributed by atoms with van der Waals surface area (Å²) in [7, 11) is 0. The van der Waals surface area contributed by atoms with Crippen molar-refractivity contribution in [3.05, 3.63) is 34.7 Å². The standard InChI is InChI=1S/C14H15NOS.CH4/c1-2-4-12-10(3-1)11-5-8-16-14(13(11)17-12)6-7-15-9-14;/h1-4,15H,5-9H2;1H4. The molecule has 2 aliphatic rings. The van der Waals surface area contributed by atoms with Crippen LogP contribution in [0.1, 0.15) is 24.3 Å². The second-order valence-electron chi connectivity index (χ2n) is 4.93. The largest absolute Gasteiger partial charge is 0.368 e. The van der Waals surface area contributed by atoms with E-state index in [2.05, 4.69) is 29.6 Å². The van der Waals surface area contributed by atoms with Gasteiger partial charge in [-0.3, -0.25) is 0 Å². The van der Waals surface area contributed by atoms with Crippen LogP contribution in [0.25, 0.3) is 10.1 Å². The van der Waals surface area contributed by atoms with Crippen LogP contribution in [0.2, 0.25) is 0 Å². The quantitative estimate of drug-likeness (QED) is 0.785. The first-order valence-corrected chi connectivity index (χ1v) is 7.06. The van der Waals surface area contributed by atoms with E-state index in [1.807, 2.05) is 11.3 Å². The Kier molecular flexibility index (Phi) is 2.93. The zero-order valence-electron chi connectivity index (χ0n) is 9.66. The van der Waals surface area contributed by atoms with E-state index in [9.17, 15) is 0 Å². The molecular weight excluding hydrogens is 242 g/mol. The molecule has 18 heavy (non-hydrogen) atoms. The summed E-state index contributed by atoms with van der Waals surface area (Å²) in [5.74, 6) is 0. The molecule has 1 atom stereocenters. The molecule has 2 aliphatic heterocycles. The molecule has 0 saturated carbocycles. The molecule has 3 heterocycles. The average Bonchev–Trinajstić information content (AvgIpc) is 2.96. The van der Waals surface area contributed by atoms with Crippen LogP contribution >= 0.6 is 11.3 Å². The Morgan fingerprint density at radius 2 is 2.17 bits per heavy atom. The molecule has 1 aromatic heterocycles. The maximum Gasteiger partial charge on any atom is 0.116 e. The third-order valence-corrected chi connectivity index (χ3v) is 5.36. The Morgan fingerprint density at radius 1 is 1.28 bits per heavy atom. The second-order valence-corrected chi connectivity index (χ2v) is 5.98. The Hall–Kier alpha value is -0.900. The lowest BCUT2D eigenvalue weighted by Gasteiger charge is -2.33. The summed E-state index contributed by atoms with van der Waals surface area (Å²) in [6, 6.07) is 8.76. The first kappa shape index (κ1) is 12.2. The number of hydrogen-bond donors (Lipinski definition) is 1. The molecule has 2 aromatic rings. The number of nitrogens with one attached hydrogen (secondary N) is 1. The van der Waals surface area contributed by atoms with Gasteiger partial charge in [0.1, 0.15) is 5.60 Å². The van der Waals surface area contributed by atoms with E-state index in [-0.39, 0.29) is 13.0 Å². The average molecular weight is 261 g/mol. The van der Waals surface area contributed by atoms with Crippen LogP contribution in [0.3, 0.4) is 0 Å². The molecule has 0 radical (unpaired) electrons. The van der Waals surface area contributed by atoms with Gasteiger partial charge in [-0.1, -0.05) is 25.6 Å². The Bertz CT molecular complexity index is 569. The van der Waals surface area contributed by atoms with Crippen molar-refractivity contribution >= 4 is 21.4 Å². The third kappa shape index (κ3) is 1.54. The topological polar surface area (TPSA) is 21.3 Å². The molecule has 1 saturated heterocycles. The second kappa shape index (κ2) is 4.34. The number of rotatable bonds is 0. The van der Waals surface area contributed by atoms with Crippen molar-refractivity contribution in [1.82, 2.24) is 5.32 Å². The zero-order valence-corrected chi connectivity index (χ0v) is 10.5. The molecule has 2 nitrogen and oxygen atoms in total. The molecule has 0 aliphatic carbocycles. The lowest BCUT2D eigenvalue weighted by atomic mass is 9.92. The fourth-order valence-electron chi connectivity index (χ4n) is 3.12. The Balaban J connectivity index is 0.000001000. The summed E-state index contributed by atoms with van der Waals surface area (Å²) in [5, 5.41) is 4.90. The SMILES string of the molecule is C.c1ccc2c3c(sc2c1)C1(CCNC1)OCC3. The monoisotopic (exact) mass is 261 g/mol. The molecule has 1 aromatic carbocycles. The normalized spacial score (nSPS) is 26.2. The highest BCUT2D eigenvalue weighted by molar-refractivity contribution is 7.19. The molecular formula is C15H19NOS. The summed E-state index contributed by atoms with van der Waals surface area (Å²) >= 11 is 1.93. The van der Waals surface area contributed by atoms with Crippen LogP contribution in [0.15, 0.2) is 24.3 Å². The summed E-state index contributed by atoms with van der Waals surface area (Å²) < 4.78 is 7.54. The Morgan fingerprint density at radius 3 is 3.00 bits per heavy atom. The minimum atomic E-state index is -0.0166. The summed E-state index contributed by atoms with van der Waals surface area (Å²) in [4.78, 5) is 1.48. The van der Waals surface area contributed by atoms with Gasteiger partial charge >= 0.3 is 0 Å². The molecule has 0 amide bonds. The smallest absolute Gasteiger partial charge is 0.116 e. The van der Waals surface area contributed by atoms with Gasteiger partial charge in [0.25, 0.3) is 0 Å². The van der Waals surface area contributed by atoms with Gasteiger partial charge in [-0.15, -0.1) is 11.3 Å². The number of hydrogen-bond acceptors (Lipinski definition) is 3. The van der Waals surface area contributed by atoms with E-state index in [0.717, 1.165) is 32.5 Å². The predicted octanol–water partition coefficient (Wildman–Crippen LogP) is 3.30. The van der Waals surface area contributed by atoms with Crippen molar-refractivity contribution < 1.29 is 4.74 Å². The van der Waals surface area contributed by atoms with Crippen LogP contribution in [0, 0.1) is 0 Å². The van der Waals surface area contributed by atoms with E-state index in [1.54, 1.807) is 5.56 Å². The van der Waals surface area contributed by atoms with Gasteiger partial charge in [-0.25, -0.2) is 0 Å². The summed E-state index contributed by atoms with van der Waals surface area (Å²) in [6.07, 6.45) is 2.19. The van der Waals surface area contributed by atoms with E-state index in [4.69, 9.17) is 4.74 Å². The van der Waals surface area contributed by atoms with Gasteiger partial charge in [0.05, 0.1) is 6.61 Å². The number of thiophene rings is 1. The van der Waals surface area contributed by atoms with Gasteiger partial charge in [0.15, 0.2) is 0 Å².